The maximum absolute atomic E-state index is 12.4. The second-order valence-corrected chi connectivity index (χ2v) is 6.06. The molecule has 124 valence electrons. The molecule has 0 aromatic heterocycles. The average molecular weight is 327 g/mol. The van der Waals surface area contributed by atoms with Crippen LogP contribution in [0.4, 0.5) is 10.5 Å². The molecule has 0 radical (unpaired) electrons. The number of aliphatic imine (C=N–C) groups is 1. The molecule has 1 fully saturated rings. The van der Waals surface area contributed by atoms with Gasteiger partial charge in [-0.25, -0.2) is 9.79 Å². The van der Waals surface area contributed by atoms with Crippen LogP contribution in [0.1, 0.15) is 13.8 Å². The predicted molar refractivity (Wildman–Crippen MR) is 87.1 cm³/mol. The predicted octanol–water partition coefficient (Wildman–Crippen LogP) is 1.01. The number of rotatable bonds is 1. The first-order valence-corrected chi connectivity index (χ1v) is 7.62. The SMILES string of the molecule is CC1=C(C)N2C(=NC3C2C(=O)NC(=O)N3C)N1c1ccccc1O. The maximum atomic E-state index is 12.4. The molecule has 24 heavy (non-hydrogen) atoms. The molecule has 0 bridgehead atoms. The van der Waals surface area contributed by atoms with Gasteiger partial charge in [0, 0.05) is 18.4 Å². The standard InChI is InChI=1S/C16H17N5O3/c1-8-9(2)21-12-13(19(3)16(24)18-14(12)23)17-15(21)20(8)10-6-4-5-7-11(10)22/h4-7,12-13,22H,1-3H3,(H,18,23,24). The second-order valence-electron chi connectivity index (χ2n) is 6.06. The zero-order chi connectivity index (χ0) is 17.2. The molecule has 3 aliphatic rings. The monoisotopic (exact) mass is 327 g/mol. The van der Waals surface area contributed by atoms with Gasteiger partial charge >= 0.3 is 6.03 Å². The Morgan fingerprint density at radius 1 is 1.17 bits per heavy atom. The lowest BCUT2D eigenvalue weighted by Crippen LogP contribution is -2.63. The van der Waals surface area contributed by atoms with Crippen LogP contribution in [-0.4, -0.2) is 52.1 Å². The first-order chi connectivity index (χ1) is 11.4. The van der Waals surface area contributed by atoms with E-state index < -0.39 is 18.2 Å². The molecular formula is C16H17N5O3. The lowest BCUT2D eigenvalue weighted by molar-refractivity contribution is -0.126. The quantitative estimate of drug-likeness (QED) is 0.804. The number of amides is 3. The fourth-order valence-corrected chi connectivity index (χ4v) is 3.40. The van der Waals surface area contributed by atoms with E-state index in [0.717, 1.165) is 11.4 Å². The number of allylic oxidation sites excluding steroid dienone is 2. The molecule has 1 aromatic rings. The molecule has 2 atom stereocenters. The number of nitrogens with one attached hydrogen (secondary N) is 1. The van der Waals surface area contributed by atoms with E-state index in [2.05, 4.69) is 10.3 Å². The zero-order valence-electron chi connectivity index (χ0n) is 13.5. The number of aromatic hydroxyl groups is 1. The molecule has 0 spiro atoms. The molecule has 0 saturated carbocycles. The molecule has 3 aliphatic heterocycles. The third kappa shape index (κ3) is 1.70. The Labute approximate surface area is 138 Å². The van der Waals surface area contributed by atoms with Crippen molar-refractivity contribution in [3.05, 3.63) is 35.7 Å². The number of carbonyl (C=O) groups is 2. The van der Waals surface area contributed by atoms with Crippen LogP contribution in [0.15, 0.2) is 40.7 Å². The first kappa shape index (κ1) is 14.6. The molecule has 3 heterocycles. The number of hydrogen-bond acceptors (Lipinski definition) is 6. The molecule has 8 heteroatoms. The molecular weight excluding hydrogens is 310 g/mol. The number of phenolic OH excluding ortho intramolecular Hbond substituents is 1. The smallest absolute Gasteiger partial charge is 0.325 e. The molecule has 1 saturated heterocycles. The van der Waals surface area contributed by atoms with Crippen LogP contribution >= 0.6 is 0 Å². The summed E-state index contributed by atoms with van der Waals surface area (Å²) in [6, 6.07) is 5.90. The first-order valence-electron chi connectivity index (χ1n) is 7.62. The minimum atomic E-state index is -0.603. The van der Waals surface area contributed by atoms with Gasteiger partial charge in [0.25, 0.3) is 5.91 Å². The summed E-state index contributed by atoms with van der Waals surface area (Å²) in [4.78, 5) is 33.9. The Balaban J connectivity index is 1.84. The van der Waals surface area contributed by atoms with Crippen LogP contribution in [0.5, 0.6) is 5.75 Å². The number of urea groups is 1. The summed E-state index contributed by atoms with van der Waals surface area (Å²) in [6.45, 7) is 3.81. The van der Waals surface area contributed by atoms with E-state index in [1.165, 1.54) is 4.90 Å². The minimum Gasteiger partial charge on any atom is -0.506 e. The number of nitrogens with zero attached hydrogens (tertiary/aromatic N) is 4. The van der Waals surface area contributed by atoms with Gasteiger partial charge in [0.2, 0.25) is 5.96 Å². The van der Waals surface area contributed by atoms with Gasteiger partial charge in [0.15, 0.2) is 12.2 Å². The Kier molecular flexibility index (Phi) is 2.87. The Hall–Kier alpha value is -3.03. The van der Waals surface area contributed by atoms with Crippen LogP contribution in [-0.2, 0) is 4.79 Å². The van der Waals surface area contributed by atoms with E-state index >= 15 is 0 Å². The second kappa shape index (κ2) is 4.73. The lowest BCUT2D eigenvalue weighted by Gasteiger charge is -2.35. The van der Waals surface area contributed by atoms with Crippen LogP contribution in [0.3, 0.4) is 0 Å². The van der Waals surface area contributed by atoms with Crippen LogP contribution in [0, 0.1) is 0 Å². The van der Waals surface area contributed by atoms with Gasteiger partial charge in [-0.15, -0.1) is 0 Å². The summed E-state index contributed by atoms with van der Waals surface area (Å²) in [5.74, 6) is 0.296. The van der Waals surface area contributed by atoms with Crippen molar-refractivity contribution in [2.45, 2.75) is 26.1 Å². The van der Waals surface area contributed by atoms with Crippen LogP contribution in [0.25, 0.3) is 0 Å². The van der Waals surface area contributed by atoms with Crippen LogP contribution < -0.4 is 10.2 Å². The van der Waals surface area contributed by atoms with Gasteiger partial charge in [-0.05, 0) is 26.0 Å². The highest BCUT2D eigenvalue weighted by molar-refractivity contribution is 6.10. The van der Waals surface area contributed by atoms with Gasteiger partial charge in [-0.2, -0.15) is 0 Å². The fraction of sp³-hybridized carbons (Fsp3) is 0.312. The highest BCUT2D eigenvalue weighted by Crippen LogP contribution is 2.41. The van der Waals surface area contributed by atoms with Crippen molar-refractivity contribution < 1.29 is 14.7 Å². The number of hydrogen-bond donors (Lipinski definition) is 2. The molecule has 4 rings (SSSR count). The summed E-state index contributed by atoms with van der Waals surface area (Å²) in [7, 11) is 1.61. The third-order valence-corrected chi connectivity index (χ3v) is 4.78. The number of fused-ring (bicyclic) bond motifs is 3. The van der Waals surface area contributed by atoms with Crippen molar-refractivity contribution in [3.8, 4) is 5.75 Å². The van der Waals surface area contributed by atoms with E-state index in [9.17, 15) is 14.7 Å². The van der Waals surface area contributed by atoms with E-state index in [0.29, 0.717) is 11.6 Å². The summed E-state index contributed by atoms with van der Waals surface area (Å²) in [5.41, 5.74) is 2.33. The van der Waals surface area contributed by atoms with Gasteiger partial charge in [0.1, 0.15) is 5.75 Å². The Morgan fingerprint density at radius 2 is 1.88 bits per heavy atom. The summed E-state index contributed by atoms with van der Waals surface area (Å²) >= 11 is 0. The van der Waals surface area contributed by atoms with E-state index in [-0.39, 0.29) is 11.7 Å². The number of likely N-dealkylation sites (N-methyl/N-ethyl adjacent to an activating group) is 1. The Bertz CT molecular complexity index is 831. The van der Waals surface area contributed by atoms with Crippen molar-refractivity contribution in [2.75, 3.05) is 11.9 Å². The van der Waals surface area contributed by atoms with Gasteiger partial charge in [0.05, 0.1) is 5.69 Å². The van der Waals surface area contributed by atoms with E-state index in [1.54, 1.807) is 25.2 Å². The average Bonchev–Trinajstić information content (AvgIpc) is 3.04. The summed E-state index contributed by atoms with van der Waals surface area (Å²) in [5, 5.41) is 12.6. The highest BCUT2D eigenvalue weighted by Gasteiger charge is 2.53. The third-order valence-electron chi connectivity index (χ3n) is 4.78. The zero-order valence-corrected chi connectivity index (χ0v) is 13.5. The van der Waals surface area contributed by atoms with Crippen LogP contribution in [0.2, 0.25) is 0 Å². The molecule has 2 unspecified atom stereocenters. The van der Waals surface area contributed by atoms with Crippen molar-refractivity contribution in [3.63, 3.8) is 0 Å². The summed E-state index contributed by atoms with van der Waals surface area (Å²) in [6.07, 6.45) is -0.586. The minimum absolute atomic E-state index is 0.123. The molecule has 1 aromatic carbocycles. The number of para-hydroxylation sites is 2. The van der Waals surface area contributed by atoms with Gasteiger partial charge in [-0.1, -0.05) is 12.1 Å². The molecule has 8 nitrogen and oxygen atoms in total. The number of phenols is 1. The Morgan fingerprint density at radius 3 is 2.58 bits per heavy atom. The lowest BCUT2D eigenvalue weighted by atomic mass is 10.1. The normalized spacial score (nSPS) is 25.8. The number of guanidine groups is 1. The van der Waals surface area contributed by atoms with Gasteiger partial charge in [-0.3, -0.25) is 19.9 Å². The maximum Gasteiger partial charge on any atom is 0.325 e. The van der Waals surface area contributed by atoms with Crippen molar-refractivity contribution >= 4 is 23.6 Å². The summed E-state index contributed by atoms with van der Waals surface area (Å²) < 4.78 is 0. The molecule has 3 amide bonds. The number of carbonyl (C=O) groups excluding carboxylic acids is 2. The van der Waals surface area contributed by atoms with Crippen molar-refractivity contribution in [1.82, 2.24) is 15.1 Å². The molecule has 2 N–H and O–H groups in total. The van der Waals surface area contributed by atoms with Gasteiger partial charge < -0.3 is 10.0 Å². The largest absolute Gasteiger partial charge is 0.506 e. The van der Waals surface area contributed by atoms with E-state index in [4.69, 9.17) is 0 Å². The molecule has 0 aliphatic carbocycles. The fourth-order valence-electron chi connectivity index (χ4n) is 3.40. The van der Waals surface area contributed by atoms with E-state index in [1.807, 2.05) is 29.7 Å². The number of anilines is 1. The number of benzene rings is 1. The number of imide groups is 1. The topological polar surface area (TPSA) is 88.5 Å². The van der Waals surface area contributed by atoms with Crippen molar-refractivity contribution in [1.29, 1.82) is 0 Å². The van der Waals surface area contributed by atoms with Crippen molar-refractivity contribution in [2.24, 2.45) is 4.99 Å². The highest BCUT2D eigenvalue weighted by atomic mass is 16.3.